The van der Waals surface area contributed by atoms with Crippen molar-refractivity contribution in [2.45, 2.75) is 31.5 Å². The highest BCUT2D eigenvalue weighted by atomic mass is 19.4. The average molecular weight is 377 g/mol. The summed E-state index contributed by atoms with van der Waals surface area (Å²) in [5, 5.41) is 4.49. The van der Waals surface area contributed by atoms with E-state index in [-0.39, 0.29) is 5.56 Å². The molecule has 1 atom stereocenters. The Kier molecular flexibility index (Phi) is 5.88. The van der Waals surface area contributed by atoms with Crippen LogP contribution in [0.3, 0.4) is 0 Å². The molecule has 27 heavy (non-hydrogen) atoms. The second-order valence-electron chi connectivity index (χ2n) is 6.58. The summed E-state index contributed by atoms with van der Waals surface area (Å²) in [6.45, 7) is 2.00. The smallest absolute Gasteiger partial charge is 0.372 e. The molecule has 4 nitrogen and oxygen atoms in total. The van der Waals surface area contributed by atoms with Gasteiger partial charge in [0.1, 0.15) is 0 Å². The van der Waals surface area contributed by atoms with E-state index in [0.29, 0.717) is 5.69 Å². The number of nitrogens with zero attached hydrogens (tertiary/aromatic N) is 1. The summed E-state index contributed by atoms with van der Waals surface area (Å²) in [5.74, 6) is 0. The fourth-order valence-electron chi connectivity index (χ4n) is 3.21. The molecule has 2 amide bonds. The summed E-state index contributed by atoms with van der Waals surface area (Å²) in [6.07, 6.45) is -1.05. The maximum Gasteiger partial charge on any atom is 0.412 e. The van der Waals surface area contributed by atoms with Crippen LogP contribution in [0.25, 0.3) is 0 Å². The summed E-state index contributed by atoms with van der Waals surface area (Å²) in [4.78, 5) is 14.4. The van der Waals surface area contributed by atoms with Crippen LogP contribution in [-0.4, -0.2) is 25.3 Å². The lowest BCUT2D eigenvalue weighted by atomic mass is 10.1. The average Bonchev–Trinajstić information content (AvgIpc) is 2.67. The zero-order valence-corrected chi connectivity index (χ0v) is 14.8. The van der Waals surface area contributed by atoms with Gasteiger partial charge in [-0.2, -0.15) is 13.2 Å². The Labute approximate surface area is 156 Å². The highest BCUT2D eigenvalue weighted by molar-refractivity contribution is 5.89. The van der Waals surface area contributed by atoms with E-state index in [9.17, 15) is 18.0 Å². The molecule has 0 bridgehead atoms. The van der Waals surface area contributed by atoms with Crippen molar-refractivity contribution in [3.63, 3.8) is 0 Å². The molecule has 3 rings (SSSR count). The quantitative estimate of drug-likeness (QED) is 0.778. The van der Waals surface area contributed by atoms with Gasteiger partial charge in [0.15, 0.2) is 6.04 Å². The number of carbonyl (C=O) groups excluding carboxylic acids is 1. The van der Waals surface area contributed by atoms with E-state index in [4.69, 9.17) is 0 Å². The van der Waals surface area contributed by atoms with E-state index in [0.717, 1.165) is 31.6 Å². The van der Waals surface area contributed by atoms with Crippen molar-refractivity contribution < 1.29 is 18.0 Å². The molecule has 0 spiro atoms. The topological polar surface area (TPSA) is 44.4 Å². The first-order valence-electron chi connectivity index (χ1n) is 8.98. The Hall–Kier alpha value is -2.70. The predicted molar refractivity (Wildman–Crippen MR) is 99.9 cm³/mol. The van der Waals surface area contributed by atoms with Crippen LogP contribution in [-0.2, 0) is 0 Å². The fraction of sp³-hybridized carbons (Fsp3) is 0.350. The number of hydrogen-bond acceptors (Lipinski definition) is 2. The number of rotatable bonds is 4. The molecule has 1 aliphatic rings. The predicted octanol–water partition coefficient (Wildman–Crippen LogP) is 5.10. The minimum atomic E-state index is -4.59. The standard InChI is InChI=1S/C20H22F3N3O/c21-20(22,23)18(15-7-3-1-4-8-15)25-19(27)24-16-9-11-17(12-10-16)26-13-5-2-6-14-26/h1,3-4,7-12,18H,2,5-6,13-14H2,(H2,24,25,27). The molecule has 2 aromatic carbocycles. The van der Waals surface area contributed by atoms with Gasteiger partial charge >= 0.3 is 12.2 Å². The van der Waals surface area contributed by atoms with E-state index in [2.05, 4.69) is 10.2 Å². The highest BCUT2D eigenvalue weighted by Gasteiger charge is 2.41. The number of urea groups is 1. The third-order valence-electron chi connectivity index (χ3n) is 4.58. The van der Waals surface area contributed by atoms with Gasteiger partial charge < -0.3 is 15.5 Å². The molecule has 0 aliphatic carbocycles. The number of benzene rings is 2. The molecule has 0 radical (unpaired) electrons. The summed E-state index contributed by atoms with van der Waals surface area (Å²) < 4.78 is 39.9. The van der Waals surface area contributed by atoms with Gasteiger partial charge in [0.25, 0.3) is 0 Å². The first kappa shape index (κ1) is 19.1. The minimum absolute atomic E-state index is 0.0133. The maximum absolute atomic E-state index is 13.3. The number of carbonyl (C=O) groups is 1. The van der Waals surface area contributed by atoms with Crippen LogP contribution in [0.4, 0.5) is 29.3 Å². The minimum Gasteiger partial charge on any atom is -0.372 e. The van der Waals surface area contributed by atoms with Crippen LogP contribution in [0.15, 0.2) is 54.6 Å². The first-order chi connectivity index (χ1) is 12.9. The normalized spacial score (nSPS) is 15.9. The molecule has 1 fully saturated rings. The van der Waals surface area contributed by atoms with Crippen LogP contribution in [0.2, 0.25) is 0 Å². The van der Waals surface area contributed by atoms with Crippen molar-refractivity contribution in [1.29, 1.82) is 0 Å². The summed E-state index contributed by atoms with van der Waals surface area (Å²) in [6, 6.07) is 11.5. The second kappa shape index (κ2) is 8.33. The summed E-state index contributed by atoms with van der Waals surface area (Å²) >= 11 is 0. The van der Waals surface area contributed by atoms with Crippen molar-refractivity contribution in [2.75, 3.05) is 23.3 Å². The van der Waals surface area contributed by atoms with Gasteiger partial charge in [-0.1, -0.05) is 30.3 Å². The molecule has 1 unspecified atom stereocenters. The Balaban J connectivity index is 1.63. The number of amides is 2. The third kappa shape index (κ3) is 5.15. The second-order valence-corrected chi connectivity index (χ2v) is 6.58. The monoisotopic (exact) mass is 377 g/mol. The van der Waals surface area contributed by atoms with Gasteiger partial charge in [0.05, 0.1) is 0 Å². The number of hydrogen-bond donors (Lipinski definition) is 2. The number of anilines is 2. The molecule has 7 heteroatoms. The lowest BCUT2D eigenvalue weighted by molar-refractivity contribution is -0.154. The molecule has 0 saturated carbocycles. The van der Waals surface area contributed by atoms with Crippen LogP contribution < -0.4 is 15.5 Å². The van der Waals surface area contributed by atoms with Crippen molar-refractivity contribution in [2.24, 2.45) is 0 Å². The van der Waals surface area contributed by atoms with Crippen LogP contribution in [0.1, 0.15) is 30.9 Å². The van der Waals surface area contributed by atoms with Crippen molar-refractivity contribution in [3.8, 4) is 0 Å². The Morgan fingerprint density at radius 3 is 2.15 bits per heavy atom. The Morgan fingerprint density at radius 2 is 1.56 bits per heavy atom. The van der Waals surface area contributed by atoms with Crippen molar-refractivity contribution >= 4 is 17.4 Å². The van der Waals surface area contributed by atoms with Gasteiger partial charge in [0.2, 0.25) is 0 Å². The molecule has 1 saturated heterocycles. The molecule has 1 aliphatic heterocycles. The third-order valence-corrected chi connectivity index (χ3v) is 4.58. The summed E-state index contributed by atoms with van der Waals surface area (Å²) in [7, 11) is 0. The van der Waals surface area contributed by atoms with Crippen LogP contribution >= 0.6 is 0 Å². The zero-order valence-electron chi connectivity index (χ0n) is 14.8. The lowest BCUT2D eigenvalue weighted by Gasteiger charge is -2.29. The van der Waals surface area contributed by atoms with E-state index in [1.807, 2.05) is 17.4 Å². The van der Waals surface area contributed by atoms with Crippen molar-refractivity contribution in [1.82, 2.24) is 5.32 Å². The van der Waals surface area contributed by atoms with E-state index < -0.39 is 18.2 Å². The highest BCUT2D eigenvalue weighted by Crippen LogP contribution is 2.32. The molecule has 2 aromatic rings. The SMILES string of the molecule is O=C(Nc1ccc(N2CCCCC2)cc1)NC(c1ccccc1)C(F)(F)F. The number of piperidine rings is 1. The number of nitrogens with one attached hydrogen (secondary N) is 2. The van der Waals surface area contributed by atoms with Crippen LogP contribution in [0.5, 0.6) is 0 Å². The fourth-order valence-corrected chi connectivity index (χ4v) is 3.21. The molecular formula is C20H22F3N3O. The molecule has 1 heterocycles. The van der Waals surface area contributed by atoms with E-state index in [1.165, 1.54) is 30.7 Å². The molecular weight excluding hydrogens is 355 g/mol. The van der Waals surface area contributed by atoms with E-state index in [1.54, 1.807) is 18.2 Å². The van der Waals surface area contributed by atoms with Gasteiger partial charge in [-0.3, -0.25) is 0 Å². The van der Waals surface area contributed by atoms with Crippen LogP contribution in [0, 0.1) is 0 Å². The van der Waals surface area contributed by atoms with Crippen molar-refractivity contribution in [3.05, 3.63) is 60.2 Å². The van der Waals surface area contributed by atoms with Gasteiger partial charge in [-0.25, -0.2) is 4.79 Å². The maximum atomic E-state index is 13.3. The molecule has 0 aromatic heterocycles. The number of halogens is 3. The lowest BCUT2D eigenvalue weighted by Crippen LogP contribution is -2.40. The zero-order chi connectivity index (χ0) is 19.3. The Bertz CT molecular complexity index is 741. The van der Waals surface area contributed by atoms with Gasteiger partial charge in [-0.05, 0) is 49.1 Å². The Morgan fingerprint density at radius 1 is 0.926 bits per heavy atom. The largest absolute Gasteiger partial charge is 0.412 e. The van der Waals surface area contributed by atoms with Gasteiger partial charge in [-0.15, -0.1) is 0 Å². The first-order valence-corrected chi connectivity index (χ1v) is 8.98. The summed E-state index contributed by atoms with van der Waals surface area (Å²) in [5.41, 5.74) is 1.49. The van der Waals surface area contributed by atoms with Gasteiger partial charge in [0, 0.05) is 24.5 Å². The number of alkyl halides is 3. The molecule has 2 N–H and O–H groups in total. The molecule has 144 valence electrons. The van der Waals surface area contributed by atoms with E-state index >= 15 is 0 Å².